The number of nitro groups is 1. The number of hydrogen-bond donors (Lipinski definition) is 1. The first kappa shape index (κ1) is 17.6. The Balaban J connectivity index is 2.11. The lowest BCUT2D eigenvalue weighted by molar-refractivity contribution is -0.390. The SMILES string of the molecule is Cc1ccc(O[C@H](C)C(=O)Nc2ccc(F)c(Cl)c2)c([N+](=O)[O-])n1. The summed E-state index contributed by atoms with van der Waals surface area (Å²) in [6, 6.07) is 6.60. The van der Waals surface area contributed by atoms with E-state index >= 15 is 0 Å². The molecule has 1 atom stereocenters. The van der Waals surface area contributed by atoms with Crippen LogP contribution in [0.25, 0.3) is 0 Å². The fraction of sp³-hybridized carbons (Fsp3) is 0.200. The first-order chi connectivity index (χ1) is 11.3. The van der Waals surface area contributed by atoms with Gasteiger partial charge in [-0.2, -0.15) is 0 Å². The summed E-state index contributed by atoms with van der Waals surface area (Å²) >= 11 is 5.64. The van der Waals surface area contributed by atoms with Gasteiger partial charge < -0.3 is 20.2 Å². The van der Waals surface area contributed by atoms with Crippen molar-refractivity contribution in [3.63, 3.8) is 0 Å². The number of anilines is 1. The molecule has 1 heterocycles. The average molecular weight is 354 g/mol. The van der Waals surface area contributed by atoms with E-state index in [9.17, 15) is 19.3 Å². The maximum absolute atomic E-state index is 13.1. The number of ether oxygens (including phenoxy) is 1. The van der Waals surface area contributed by atoms with Crippen molar-refractivity contribution in [1.29, 1.82) is 0 Å². The summed E-state index contributed by atoms with van der Waals surface area (Å²) in [6.45, 7) is 3.02. The predicted molar refractivity (Wildman–Crippen MR) is 85.8 cm³/mol. The number of hydrogen-bond acceptors (Lipinski definition) is 5. The highest BCUT2D eigenvalue weighted by molar-refractivity contribution is 6.31. The van der Waals surface area contributed by atoms with Gasteiger partial charge in [0.1, 0.15) is 11.5 Å². The van der Waals surface area contributed by atoms with Crippen molar-refractivity contribution in [1.82, 2.24) is 4.98 Å². The number of aryl methyl sites for hydroxylation is 1. The van der Waals surface area contributed by atoms with Crippen LogP contribution in [0.1, 0.15) is 12.6 Å². The van der Waals surface area contributed by atoms with Gasteiger partial charge in [-0.3, -0.25) is 4.79 Å². The molecule has 9 heteroatoms. The number of pyridine rings is 1. The third-order valence-corrected chi connectivity index (χ3v) is 3.30. The van der Waals surface area contributed by atoms with E-state index in [2.05, 4.69) is 10.3 Å². The maximum atomic E-state index is 13.1. The molecule has 0 fully saturated rings. The Labute approximate surface area is 141 Å². The lowest BCUT2D eigenvalue weighted by Gasteiger charge is -2.14. The van der Waals surface area contributed by atoms with Crippen LogP contribution in [0, 0.1) is 22.9 Å². The van der Waals surface area contributed by atoms with Crippen LogP contribution >= 0.6 is 11.6 Å². The molecule has 126 valence electrons. The van der Waals surface area contributed by atoms with Crippen LogP contribution < -0.4 is 10.1 Å². The second kappa shape index (κ2) is 7.22. The van der Waals surface area contributed by atoms with Gasteiger partial charge in [-0.25, -0.2) is 4.39 Å². The first-order valence-corrected chi connectivity index (χ1v) is 7.20. The van der Waals surface area contributed by atoms with Crippen LogP contribution in [-0.2, 0) is 4.79 Å². The molecule has 1 N–H and O–H groups in total. The Morgan fingerprint density at radius 1 is 1.42 bits per heavy atom. The Hall–Kier alpha value is -2.74. The van der Waals surface area contributed by atoms with E-state index in [1.807, 2.05) is 0 Å². The lowest BCUT2D eigenvalue weighted by Crippen LogP contribution is -2.30. The Bertz CT molecular complexity index is 800. The molecule has 0 aliphatic carbocycles. The van der Waals surface area contributed by atoms with Gasteiger partial charge in [-0.15, -0.1) is 0 Å². The van der Waals surface area contributed by atoms with Crippen LogP contribution in [0.2, 0.25) is 5.02 Å². The molecule has 0 aliphatic heterocycles. The number of nitrogens with zero attached hydrogens (tertiary/aromatic N) is 2. The number of halogens is 2. The Morgan fingerprint density at radius 2 is 2.12 bits per heavy atom. The third-order valence-electron chi connectivity index (χ3n) is 3.01. The molecular formula is C15H13ClFN3O4. The average Bonchev–Trinajstić information content (AvgIpc) is 2.52. The summed E-state index contributed by atoms with van der Waals surface area (Å²) in [5.41, 5.74) is 0.727. The summed E-state index contributed by atoms with van der Waals surface area (Å²) < 4.78 is 18.4. The standard InChI is InChI=1S/C15H13ClFN3O4/c1-8-3-6-13(14(18-8)20(22)23)24-9(2)15(21)19-10-4-5-12(17)11(16)7-10/h3-7,9H,1-2H3,(H,19,21)/t9-/m1/s1. The second-order valence-electron chi connectivity index (χ2n) is 4.91. The molecule has 0 bridgehead atoms. The monoisotopic (exact) mass is 353 g/mol. The number of amides is 1. The topological polar surface area (TPSA) is 94.4 Å². The number of rotatable bonds is 5. The van der Waals surface area contributed by atoms with Crippen molar-refractivity contribution < 1.29 is 18.8 Å². The van der Waals surface area contributed by atoms with Crippen molar-refractivity contribution in [3.05, 3.63) is 57.0 Å². The molecular weight excluding hydrogens is 341 g/mol. The van der Waals surface area contributed by atoms with E-state index in [1.54, 1.807) is 6.92 Å². The quantitative estimate of drug-likeness (QED) is 0.655. The molecule has 0 saturated heterocycles. The highest BCUT2D eigenvalue weighted by Crippen LogP contribution is 2.26. The van der Waals surface area contributed by atoms with Gasteiger partial charge in [-0.05, 0) is 47.2 Å². The van der Waals surface area contributed by atoms with Gasteiger partial charge in [-0.1, -0.05) is 11.6 Å². The molecule has 0 aliphatic rings. The van der Waals surface area contributed by atoms with Crippen LogP contribution in [0.5, 0.6) is 5.75 Å². The van der Waals surface area contributed by atoms with Crippen molar-refractivity contribution in [3.8, 4) is 5.75 Å². The highest BCUT2D eigenvalue weighted by atomic mass is 35.5. The van der Waals surface area contributed by atoms with Crippen molar-refractivity contribution in [2.75, 3.05) is 5.32 Å². The second-order valence-corrected chi connectivity index (χ2v) is 5.32. The molecule has 2 aromatic rings. The minimum absolute atomic E-state index is 0.120. The maximum Gasteiger partial charge on any atom is 0.406 e. The fourth-order valence-electron chi connectivity index (χ4n) is 1.81. The van der Waals surface area contributed by atoms with Crippen LogP contribution in [0.4, 0.5) is 15.9 Å². The molecule has 1 aromatic carbocycles. The lowest BCUT2D eigenvalue weighted by atomic mass is 10.3. The molecule has 2 rings (SSSR count). The van der Waals surface area contributed by atoms with Gasteiger partial charge in [0.2, 0.25) is 5.75 Å². The number of carbonyl (C=O) groups excluding carboxylic acids is 1. The van der Waals surface area contributed by atoms with E-state index < -0.39 is 28.6 Å². The van der Waals surface area contributed by atoms with Crippen LogP contribution in [-0.4, -0.2) is 21.9 Å². The number of carbonyl (C=O) groups is 1. The summed E-state index contributed by atoms with van der Waals surface area (Å²) in [5, 5.41) is 13.3. The van der Waals surface area contributed by atoms with E-state index in [-0.39, 0.29) is 16.5 Å². The van der Waals surface area contributed by atoms with E-state index in [0.29, 0.717) is 5.69 Å². The minimum atomic E-state index is -1.04. The predicted octanol–water partition coefficient (Wildman–Crippen LogP) is 3.50. The third kappa shape index (κ3) is 4.17. The van der Waals surface area contributed by atoms with Gasteiger partial charge in [0.05, 0.1) is 5.02 Å². The van der Waals surface area contributed by atoms with E-state index in [4.69, 9.17) is 16.3 Å². The fourth-order valence-corrected chi connectivity index (χ4v) is 2.00. The molecule has 0 radical (unpaired) electrons. The normalized spacial score (nSPS) is 11.7. The number of benzene rings is 1. The van der Waals surface area contributed by atoms with Crippen molar-refractivity contribution in [2.45, 2.75) is 20.0 Å². The zero-order chi connectivity index (χ0) is 17.9. The first-order valence-electron chi connectivity index (χ1n) is 6.82. The summed E-state index contributed by atoms with van der Waals surface area (Å²) in [5.74, 6) is -1.78. The van der Waals surface area contributed by atoms with Crippen molar-refractivity contribution in [2.24, 2.45) is 0 Å². The molecule has 1 amide bonds. The molecule has 7 nitrogen and oxygen atoms in total. The Kier molecular flexibility index (Phi) is 5.30. The number of nitrogens with one attached hydrogen (secondary N) is 1. The highest BCUT2D eigenvalue weighted by Gasteiger charge is 2.23. The van der Waals surface area contributed by atoms with Gasteiger partial charge in [0.25, 0.3) is 5.91 Å². The molecule has 0 unspecified atom stereocenters. The molecule has 0 saturated carbocycles. The van der Waals surface area contributed by atoms with Gasteiger partial charge in [0.15, 0.2) is 6.10 Å². The zero-order valence-corrected chi connectivity index (χ0v) is 13.5. The largest absolute Gasteiger partial charge is 0.473 e. The summed E-state index contributed by atoms with van der Waals surface area (Å²) in [6.07, 6.45) is -1.04. The smallest absolute Gasteiger partial charge is 0.406 e. The molecule has 0 spiro atoms. The molecule has 1 aromatic heterocycles. The van der Waals surface area contributed by atoms with Gasteiger partial charge in [0, 0.05) is 12.6 Å². The zero-order valence-electron chi connectivity index (χ0n) is 12.7. The van der Waals surface area contributed by atoms with E-state index in [1.165, 1.54) is 31.2 Å². The molecule has 24 heavy (non-hydrogen) atoms. The number of aromatic nitrogens is 1. The minimum Gasteiger partial charge on any atom is -0.473 e. The summed E-state index contributed by atoms with van der Waals surface area (Å²) in [4.78, 5) is 26.2. The van der Waals surface area contributed by atoms with E-state index in [0.717, 1.165) is 6.07 Å². The van der Waals surface area contributed by atoms with Gasteiger partial charge >= 0.3 is 5.82 Å². The van der Waals surface area contributed by atoms with Crippen LogP contribution in [0.3, 0.4) is 0 Å². The van der Waals surface area contributed by atoms with Crippen molar-refractivity contribution >= 4 is 29.0 Å². The Morgan fingerprint density at radius 3 is 2.75 bits per heavy atom. The van der Waals surface area contributed by atoms with Crippen LogP contribution in [0.15, 0.2) is 30.3 Å². The summed E-state index contributed by atoms with van der Waals surface area (Å²) in [7, 11) is 0.